The van der Waals surface area contributed by atoms with E-state index >= 15 is 0 Å². The van der Waals surface area contributed by atoms with Gasteiger partial charge in [0.15, 0.2) is 0 Å². The average molecular weight is 172 g/mol. The van der Waals surface area contributed by atoms with Crippen LogP contribution >= 0.6 is 0 Å². The summed E-state index contributed by atoms with van der Waals surface area (Å²) in [5.41, 5.74) is 0. The zero-order valence-corrected chi connectivity index (χ0v) is 4.81. The molecule has 0 amide bonds. The molecule has 0 fully saturated rings. The molecule has 0 N–H and O–H groups in total. The van der Waals surface area contributed by atoms with Gasteiger partial charge in [-0.3, -0.25) is 0 Å². The molecular formula is C5H5Pd. The van der Waals surface area contributed by atoms with E-state index in [9.17, 15) is 0 Å². The zero-order valence-electron chi connectivity index (χ0n) is 3.26. The first-order valence-electron chi connectivity index (χ1n) is 1.88. The SMILES string of the molecule is [Pd][C]1=CC=CC1. The molecule has 35 valence electrons. The molecule has 0 saturated heterocycles. The molecule has 0 aromatic carbocycles. The minimum absolute atomic E-state index is 1.10. The van der Waals surface area contributed by atoms with Crippen LogP contribution in [0.2, 0.25) is 0 Å². The van der Waals surface area contributed by atoms with E-state index in [0.29, 0.717) is 0 Å². The number of allylic oxidation sites excluding steroid dienone is 4. The van der Waals surface area contributed by atoms with Gasteiger partial charge in [-0.1, -0.05) is 0 Å². The van der Waals surface area contributed by atoms with Gasteiger partial charge in [-0.25, -0.2) is 0 Å². The van der Waals surface area contributed by atoms with Crippen LogP contribution in [0.3, 0.4) is 0 Å². The molecule has 0 saturated carbocycles. The van der Waals surface area contributed by atoms with Gasteiger partial charge in [-0.2, -0.15) is 0 Å². The van der Waals surface area contributed by atoms with Crippen molar-refractivity contribution in [2.24, 2.45) is 0 Å². The molecular weight excluding hydrogens is 166 g/mol. The molecule has 1 aliphatic rings. The summed E-state index contributed by atoms with van der Waals surface area (Å²) in [6.07, 6.45) is 7.35. The first kappa shape index (κ1) is 4.31. The molecule has 0 bridgehead atoms. The molecule has 0 heterocycles. The molecule has 6 heavy (non-hydrogen) atoms. The average Bonchev–Trinajstić information content (AvgIpc) is 1.86. The van der Waals surface area contributed by atoms with Crippen molar-refractivity contribution < 1.29 is 19.2 Å². The van der Waals surface area contributed by atoms with Crippen LogP contribution in [-0.2, 0) is 19.2 Å². The van der Waals surface area contributed by atoms with E-state index in [2.05, 4.69) is 37.4 Å². The molecule has 0 radical (unpaired) electrons. The van der Waals surface area contributed by atoms with Gasteiger partial charge in [0.1, 0.15) is 0 Å². The molecule has 0 aliphatic heterocycles. The van der Waals surface area contributed by atoms with Crippen molar-refractivity contribution in [3.05, 3.63) is 22.3 Å². The maximum atomic E-state index is 3.10. The molecule has 0 unspecified atom stereocenters. The fourth-order valence-corrected chi connectivity index (χ4v) is 0.741. The van der Waals surface area contributed by atoms with Gasteiger partial charge in [0.2, 0.25) is 0 Å². The van der Waals surface area contributed by atoms with Crippen LogP contribution in [0, 0.1) is 0 Å². The topological polar surface area (TPSA) is 0 Å². The molecule has 1 rings (SSSR count). The summed E-state index contributed by atoms with van der Waals surface area (Å²) in [5.74, 6) is 0. The van der Waals surface area contributed by atoms with Crippen molar-refractivity contribution in [3.8, 4) is 0 Å². The van der Waals surface area contributed by atoms with Crippen molar-refractivity contribution in [1.29, 1.82) is 0 Å². The summed E-state index contributed by atoms with van der Waals surface area (Å²) >= 11 is 3.10. The second-order valence-electron chi connectivity index (χ2n) is 1.21. The molecule has 1 heteroatoms. The van der Waals surface area contributed by atoms with Crippen LogP contribution < -0.4 is 0 Å². The minimum atomic E-state index is 1.10. The monoisotopic (exact) mass is 171 g/mol. The fourth-order valence-electron chi connectivity index (χ4n) is 0.408. The first-order valence-corrected chi connectivity index (χ1v) is 2.65. The van der Waals surface area contributed by atoms with Gasteiger partial charge in [-0.15, -0.1) is 0 Å². The third-order valence-electron chi connectivity index (χ3n) is 0.703. The van der Waals surface area contributed by atoms with E-state index in [4.69, 9.17) is 0 Å². The van der Waals surface area contributed by atoms with Crippen molar-refractivity contribution in [2.75, 3.05) is 0 Å². The van der Waals surface area contributed by atoms with E-state index in [0.717, 1.165) is 6.42 Å². The summed E-state index contributed by atoms with van der Waals surface area (Å²) in [6, 6.07) is 0. The standard InChI is InChI=1S/C5H5.Pd/c1-2-4-5-3-1;/h1-3H,4H2;. The second-order valence-corrected chi connectivity index (χ2v) is 2.20. The molecule has 0 atom stereocenters. The first-order chi connectivity index (χ1) is 2.89. The van der Waals surface area contributed by atoms with E-state index < -0.39 is 0 Å². The van der Waals surface area contributed by atoms with Crippen LogP contribution in [0.25, 0.3) is 0 Å². The summed E-state index contributed by atoms with van der Waals surface area (Å²) in [6.45, 7) is 0. The van der Waals surface area contributed by atoms with Crippen LogP contribution in [-0.4, -0.2) is 0 Å². The summed E-state index contributed by atoms with van der Waals surface area (Å²) in [5, 5.41) is 0. The van der Waals surface area contributed by atoms with Crippen LogP contribution in [0.4, 0.5) is 0 Å². The Balaban J connectivity index is 2.61. The van der Waals surface area contributed by atoms with Crippen molar-refractivity contribution in [2.45, 2.75) is 6.42 Å². The third-order valence-corrected chi connectivity index (χ3v) is 1.28. The van der Waals surface area contributed by atoms with Crippen molar-refractivity contribution >= 4 is 0 Å². The van der Waals surface area contributed by atoms with Gasteiger partial charge >= 0.3 is 47.9 Å². The molecule has 1 aliphatic carbocycles. The van der Waals surface area contributed by atoms with E-state index in [-0.39, 0.29) is 0 Å². The number of rotatable bonds is 0. The summed E-state index contributed by atoms with van der Waals surface area (Å²) in [7, 11) is 0. The fraction of sp³-hybridized carbons (Fsp3) is 0.200. The predicted octanol–water partition coefficient (Wildman–Crippen LogP) is 1.38. The second kappa shape index (κ2) is 1.73. The Morgan fingerprint density at radius 1 is 1.67 bits per heavy atom. The Bertz CT molecular complexity index is 101. The van der Waals surface area contributed by atoms with Gasteiger partial charge in [0.05, 0.1) is 0 Å². The Morgan fingerprint density at radius 3 is 2.67 bits per heavy atom. The maximum absolute atomic E-state index is 3.10. The summed E-state index contributed by atoms with van der Waals surface area (Å²) in [4.78, 5) is 0. The van der Waals surface area contributed by atoms with Gasteiger partial charge in [0.25, 0.3) is 0 Å². The zero-order chi connectivity index (χ0) is 4.41. The Morgan fingerprint density at radius 2 is 2.50 bits per heavy atom. The Kier molecular flexibility index (Phi) is 1.24. The molecule has 0 aromatic rings. The predicted molar refractivity (Wildman–Crippen MR) is 21.8 cm³/mol. The van der Waals surface area contributed by atoms with Gasteiger partial charge in [-0.05, 0) is 0 Å². The van der Waals surface area contributed by atoms with Crippen molar-refractivity contribution in [1.82, 2.24) is 0 Å². The van der Waals surface area contributed by atoms with Gasteiger partial charge < -0.3 is 0 Å². The molecule has 0 spiro atoms. The van der Waals surface area contributed by atoms with Gasteiger partial charge in [0, 0.05) is 0 Å². The van der Waals surface area contributed by atoms with E-state index in [1.807, 2.05) is 0 Å². The number of hydrogen-bond acceptors (Lipinski definition) is 0. The quantitative estimate of drug-likeness (QED) is 0.483. The normalized spacial score (nSPS) is 18.7. The number of hydrogen-bond donors (Lipinski definition) is 0. The Labute approximate surface area is 48.3 Å². The van der Waals surface area contributed by atoms with Crippen LogP contribution in [0.1, 0.15) is 6.42 Å². The molecule has 0 nitrogen and oxygen atoms in total. The van der Waals surface area contributed by atoms with Crippen LogP contribution in [0.15, 0.2) is 22.3 Å². The van der Waals surface area contributed by atoms with Crippen LogP contribution in [0.5, 0.6) is 0 Å². The summed E-state index contributed by atoms with van der Waals surface area (Å²) < 4.78 is 1.32. The van der Waals surface area contributed by atoms with E-state index in [1.165, 1.54) is 4.05 Å². The van der Waals surface area contributed by atoms with E-state index in [1.54, 1.807) is 0 Å². The third kappa shape index (κ3) is 0.802. The van der Waals surface area contributed by atoms with Crippen molar-refractivity contribution in [3.63, 3.8) is 0 Å². The molecule has 0 aromatic heterocycles. The Hall–Kier alpha value is 0.142.